The number of amides is 2. The second kappa shape index (κ2) is 6.61. The lowest BCUT2D eigenvalue weighted by atomic mass is 9.94. The van der Waals surface area contributed by atoms with Crippen LogP contribution in [0.4, 0.5) is 10.1 Å². The molecule has 32 heavy (non-hydrogen) atoms. The zero-order chi connectivity index (χ0) is 22.0. The maximum atomic E-state index is 14.5. The highest BCUT2D eigenvalue weighted by molar-refractivity contribution is 6.47. The Morgan fingerprint density at radius 1 is 1.16 bits per heavy atom. The van der Waals surface area contributed by atoms with Crippen molar-refractivity contribution in [2.24, 2.45) is 4.99 Å². The Hall–Kier alpha value is -4.27. The van der Waals surface area contributed by atoms with Crippen LogP contribution in [-0.2, 0) is 16.0 Å². The van der Waals surface area contributed by atoms with Gasteiger partial charge in [0.1, 0.15) is 17.2 Å². The second-order valence-electron chi connectivity index (χ2n) is 7.65. The Morgan fingerprint density at radius 2 is 2.00 bits per heavy atom. The number of rotatable bonds is 3. The summed E-state index contributed by atoms with van der Waals surface area (Å²) in [4.78, 5) is 36.7. The molecule has 1 aromatic carbocycles. The third-order valence-electron chi connectivity index (χ3n) is 5.91. The summed E-state index contributed by atoms with van der Waals surface area (Å²) in [6.45, 7) is 0.692. The Morgan fingerprint density at radius 3 is 2.84 bits per heavy atom. The number of halogens is 1. The molecule has 0 saturated carbocycles. The van der Waals surface area contributed by atoms with Crippen molar-refractivity contribution in [1.82, 2.24) is 14.7 Å². The molecule has 0 fully saturated rings. The van der Waals surface area contributed by atoms with Crippen LogP contribution in [0.1, 0.15) is 16.8 Å². The van der Waals surface area contributed by atoms with Crippen LogP contribution in [0.15, 0.2) is 59.6 Å². The molecule has 0 aliphatic carbocycles. The number of nitrogens with one attached hydrogen (secondary N) is 1. The van der Waals surface area contributed by atoms with Gasteiger partial charge in [0, 0.05) is 36.8 Å². The van der Waals surface area contributed by atoms with Gasteiger partial charge in [-0.3, -0.25) is 24.3 Å². The predicted molar refractivity (Wildman–Crippen MR) is 115 cm³/mol. The molecule has 0 bridgehead atoms. The van der Waals surface area contributed by atoms with E-state index in [-0.39, 0.29) is 16.9 Å². The lowest BCUT2D eigenvalue weighted by Crippen LogP contribution is -2.25. The van der Waals surface area contributed by atoms with Crippen LogP contribution in [0.2, 0.25) is 0 Å². The van der Waals surface area contributed by atoms with E-state index in [1.54, 1.807) is 42.2 Å². The molecule has 6 rings (SSSR count). The number of benzene rings is 1. The highest BCUT2D eigenvalue weighted by Crippen LogP contribution is 2.38. The minimum Gasteiger partial charge on any atom is -0.497 e. The van der Waals surface area contributed by atoms with E-state index in [0.29, 0.717) is 35.6 Å². The molecule has 5 heterocycles. The molecule has 3 aliphatic rings. The van der Waals surface area contributed by atoms with Crippen molar-refractivity contribution in [1.29, 1.82) is 0 Å². The Bertz CT molecular complexity index is 1450. The van der Waals surface area contributed by atoms with E-state index >= 15 is 0 Å². The summed E-state index contributed by atoms with van der Waals surface area (Å²) in [6.07, 6.45) is 7.30. The molecule has 1 N–H and O–H groups in total. The number of fused-ring (bicyclic) bond motifs is 1. The molecule has 0 spiro atoms. The number of carbonyl (C=O) groups excluding carboxylic acids is 2. The SMILES string of the molecule is COc1ccn2c(C3=C(C4=NC=CN5CCc6cc(F)cc4c65)C(=O)NC3=O)cnc2c1. The minimum atomic E-state index is -0.579. The Balaban J connectivity index is 1.62. The lowest BCUT2D eigenvalue weighted by molar-refractivity contribution is -0.123. The van der Waals surface area contributed by atoms with Gasteiger partial charge in [0.05, 0.1) is 41.5 Å². The topological polar surface area (TPSA) is 88.3 Å². The van der Waals surface area contributed by atoms with E-state index in [1.165, 1.54) is 18.3 Å². The van der Waals surface area contributed by atoms with Gasteiger partial charge < -0.3 is 9.64 Å². The van der Waals surface area contributed by atoms with Gasteiger partial charge in [0.15, 0.2) is 0 Å². The quantitative estimate of drug-likeness (QED) is 0.645. The van der Waals surface area contributed by atoms with Crippen molar-refractivity contribution >= 4 is 34.4 Å². The van der Waals surface area contributed by atoms with Gasteiger partial charge >= 0.3 is 0 Å². The first-order valence-corrected chi connectivity index (χ1v) is 10.0. The van der Waals surface area contributed by atoms with Crippen molar-refractivity contribution in [2.45, 2.75) is 6.42 Å². The average Bonchev–Trinajstić information content (AvgIpc) is 3.41. The first-order chi connectivity index (χ1) is 15.5. The van der Waals surface area contributed by atoms with Gasteiger partial charge in [-0.2, -0.15) is 0 Å². The monoisotopic (exact) mass is 429 g/mol. The number of imide groups is 1. The Kier molecular flexibility index (Phi) is 3.82. The molecule has 0 saturated heterocycles. The largest absolute Gasteiger partial charge is 0.497 e. The van der Waals surface area contributed by atoms with E-state index in [9.17, 15) is 14.0 Å². The number of aromatic nitrogens is 2. The van der Waals surface area contributed by atoms with Crippen LogP contribution < -0.4 is 15.0 Å². The summed E-state index contributed by atoms with van der Waals surface area (Å²) in [5.41, 5.74) is 3.61. The lowest BCUT2D eigenvalue weighted by Gasteiger charge is -2.17. The molecule has 0 radical (unpaired) electrons. The van der Waals surface area contributed by atoms with Gasteiger partial charge in [0.25, 0.3) is 11.8 Å². The number of aliphatic imine (C=N–C) groups is 1. The highest BCUT2D eigenvalue weighted by atomic mass is 19.1. The molecule has 9 heteroatoms. The third-order valence-corrected chi connectivity index (χ3v) is 5.91. The maximum absolute atomic E-state index is 14.5. The average molecular weight is 429 g/mol. The molecule has 3 aliphatic heterocycles. The first-order valence-electron chi connectivity index (χ1n) is 10.0. The molecular formula is C23H16FN5O3. The van der Waals surface area contributed by atoms with Gasteiger partial charge in [-0.05, 0) is 30.2 Å². The molecule has 158 valence electrons. The van der Waals surface area contributed by atoms with Crippen LogP contribution in [0.5, 0.6) is 5.75 Å². The van der Waals surface area contributed by atoms with Crippen LogP contribution in [0.3, 0.4) is 0 Å². The molecule has 0 atom stereocenters. The Labute approximate surface area is 181 Å². The number of ether oxygens (including phenoxy) is 1. The van der Waals surface area contributed by atoms with Gasteiger partial charge in [0.2, 0.25) is 0 Å². The number of imidazole rings is 1. The molecule has 8 nitrogen and oxygen atoms in total. The third kappa shape index (κ3) is 2.54. The van der Waals surface area contributed by atoms with Gasteiger partial charge in [-0.25, -0.2) is 9.37 Å². The number of nitrogens with zero attached hydrogens (tertiary/aromatic N) is 4. The number of anilines is 1. The summed E-state index contributed by atoms with van der Waals surface area (Å²) in [7, 11) is 1.55. The number of carbonyl (C=O) groups is 2. The summed E-state index contributed by atoms with van der Waals surface area (Å²) in [6, 6.07) is 6.32. The normalized spacial score (nSPS) is 17.1. The van der Waals surface area contributed by atoms with E-state index < -0.39 is 17.6 Å². The van der Waals surface area contributed by atoms with Crippen LogP contribution in [-0.4, -0.2) is 40.6 Å². The van der Waals surface area contributed by atoms with Crippen molar-refractivity contribution in [2.75, 3.05) is 18.6 Å². The zero-order valence-electron chi connectivity index (χ0n) is 16.9. The number of pyridine rings is 1. The molecule has 2 amide bonds. The van der Waals surface area contributed by atoms with Gasteiger partial charge in [-0.1, -0.05) is 0 Å². The fourth-order valence-electron chi connectivity index (χ4n) is 4.52. The van der Waals surface area contributed by atoms with Crippen LogP contribution in [0, 0.1) is 5.82 Å². The van der Waals surface area contributed by atoms with Crippen molar-refractivity contribution < 1.29 is 18.7 Å². The smallest absolute Gasteiger partial charge is 0.261 e. The van der Waals surface area contributed by atoms with Crippen molar-refractivity contribution in [3.8, 4) is 5.75 Å². The van der Waals surface area contributed by atoms with Crippen LogP contribution in [0.25, 0.3) is 11.2 Å². The van der Waals surface area contributed by atoms with E-state index in [1.807, 2.05) is 4.90 Å². The minimum absolute atomic E-state index is 0.0961. The number of hydrogen-bond donors (Lipinski definition) is 1. The molecular weight excluding hydrogens is 413 g/mol. The predicted octanol–water partition coefficient (Wildman–Crippen LogP) is 2.23. The second-order valence-corrected chi connectivity index (χ2v) is 7.65. The highest BCUT2D eigenvalue weighted by Gasteiger charge is 2.38. The molecule has 0 unspecified atom stereocenters. The summed E-state index contributed by atoms with van der Waals surface area (Å²) in [5.74, 6) is -0.929. The van der Waals surface area contributed by atoms with Crippen molar-refractivity contribution in [3.05, 3.63) is 77.3 Å². The van der Waals surface area contributed by atoms with Crippen molar-refractivity contribution in [3.63, 3.8) is 0 Å². The van der Waals surface area contributed by atoms with E-state index in [0.717, 1.165) is 11.3 Å². The standard InChI is InChI=1S/C23H16FN5O3/c1-32-14-3-6-29-16(11-26-17(29)10-14)18-19(23(31)27-22(18)30)20-15-9-13(24)8-12-2-5-28(21(12)15)7-4-25-20/h3-4,6-11H,2,5H2,1H3,(H,27,30,31). The zero-order valence-corrected chi connectivity index (χ0v) is 16.9. The fraction of sp³-hybridized carbons (Fsp3) is 0.130. The van der Waals surface area contributed by atoms with Crippen LogP contribution >= 0.6 is 0 Å². The van der Waals surface area contributed by atoms with E-state index in [4.69, 9.17) is 4.74 Å². The summed E-state index contributed by atoms with van der Waals surface area (Å²) in [5, 5.41) is 2.37. The van der Waals surface area contributed by atoms with Gasteiger partial charge in [-0.15, -0.1) is 0 Å². The summed E-state index contributed by atoms with van der Waals surface area (Å²) >= 11 is 0. The molecule has 3 aromatic rings. The summed E-state index contributed by atoms with van der Waals surface area (Å²) < 4.78 is 21.4. The number of hydrogen-bond acceptors (Lipinski definition) is 6. The molecule has 2 aromatic heterocycles. The first kappa shape index (κ1) is 18.5. The fourth-order valence-corrected chi connectivity index (χ4v) is 4.52. The van der Waals surface area contributed by atoms with E-state index in [2.05, 4.69) is 15.3 Å². The maximum Gasteiger partial charge on any atom is 0.261 e. The number of methoxy groups -OCH3 is 1.